The SMILES string of the molecule is CC(C)(C)n1ncc(C(=O)Nc2ccc(Cl)c(C(=O)N3CCC(Oc4ccc(C(=N)N)cc4)CC3)c2)c1-c1ccc(F)cc1. The molecule has 9 nitrogen and oxygen atoms in total. The van der Waals surface area contributed by atoms with Gasteiger partial charge in [-0.05, 0) is 87.5 Å². The van der Waals surface area contributed by atoms with E-state index in [0.717, 1.165) is 0 Å². The second-order valence-electron chi connectivity index (χ2n) is 11.7. The van der Waals surface area contributed by atoms with Crippen molar-refractivity contribution in [2.24, 2.45) is 5.73 Å². The third-order valence-corrected chi connectivity index (χ3v) is 7.75. The van der Waals surface area contributed by atoms with Crippen molar-refractivity contribution in [3.8, 4) is 17.0 Å². The van der Waals surface area contributed by atoms with Crippen molar-refractivity contribution >= 4 is 34.9 Å². The van der Waals surface area contributed by atoms with Crippen molar-refractivity contribution in [2.45, 2.75) is 45.3 Å². The number of amidine groups is 1. The summed E-state index contributed by atoms with van der Waals surface area (Å²) in [4.78, 5) is 28.7. The summed E-state index contributed by atoms with van der Waals surface area (Å²) in [6.07, 6.45) is 2.70. The Hall–Kier alpha value is -4.70. The number of nitrogens with zero attached hydrogens (tertiary/aromatic N) is 3. The number of halogens is 2. The molecule has 1 saturated heterocycles. The van der Waals surface area contributed by atoms with Crippen molar-refractivity contribution < 1.29 is 18.7 Å². The number of benzene rings is 3. The predicted octanol–water partition coefficient (Wildman–Crippen LogP) is 6.32. The van der Waals surface area contributed by atoms with E-state index in [9.17, 15) is 14.0 Å². The van der Waals surface area contributed by atoms with Crippen LogP contribution in [0, 0.1) is 11.2 Å². The third kappa shape index (κ3) is 6.75. The third-order valence-electron chi connectivity index (χ3n) is 7.42. The highest BCUT2D eigenvalue weighted by atomic mass is 35.5. The highest BCUT2D eigenvalue weighted by Crippen LogP contribution is 2.31. The van der Waals surface area contributed by atoms with Crippen LogP contribution in [0.1, 0.15) is 59.9 Å². The van der Waals surface area contributed by atoms with Crippen molar-refractivity contribution in [3.63, 3.8) is 0 Å². The van der Waals surface area contributed by atoms with Gasteiger partial charge in [-0.1, -0.05) is 11.6 Å². The summed E-state index contributed by atoms with van der Waals surface area (Å²) in [5, 5.41) is 15.1. The number of carbonyl (C=O) groups is 2. The number of piperidine rings is 1. The fourth-order valence-corrected chi connectivity index (χ4v) is 5.33. The Kier molecular flexibility index (Phi) is 8.73. The number of amides is 2. The molecule has 44 heavy (non-hydrogen) atoms. The lowest BCUT2D eigenvalue weighted by atomic mass is 10.0. The molecule has 0 bridgehead atoms. The van der Waals surface area contributed by atoms with E-state index in [-0.39, 0.29) is 34.3 Å². The molecule has 0 saturated carbocycles. The summed E-state index contributed by atoms with van der Waals surface area (Å²) >= 11 is 6.45. The number of hydrogen-bond acceptors (Lipinski definition) is 5. The van der Waals surface area contributed by atoms with Crippen LogP contribution in [0.5, 0.6) is 5.75 Å². The molecule has 4 N–H and O–H groups in total. The smallest absolute Gasteiger partial charge is 0.259 e. The summed E-state index contributed by atoms with van der Waals surface area (Å²) in [6.45, 7) is 6.86. The number of rotatable bonds is 7. The topological polar surface area (TPSA) is 126 Å². The van der Waals surface area contributed by atoms with Gasteiger partial charge in [0, 0.05) is 42.7 Å². The van der Waals surface area contributed by atoms with Crippen LogP contribution in [0.25, 0.3) is 11.3 Å². The van der Waals surface area contributed by atoms with Gasteiger partial charge in [0.05, 0.1) is 33.6 Å². The first-order chi connectivity index (χ1) is 20.9. The minimum atomic E-state index is -0.444. The number of nitrogen functional groups attached to an aromatic ring is 1. The molecule has 0 radical (unpaired) electrons. The molecule has 5 rings (SSSR count). The zero-order chi connectivity index (χ0) is 31.6. The van der Waals surface area contributed by atoms with Gasteiger partial charge in [-0.25, -0.2) is 4.39 Å². The summed E-state index contributed by atoms with van der Waals surface area (Å²) in [5.41, 5.74) is 7.91. The van der Waals surface area contributed by atoms with Crippen molar-refractivity contribution in [1.29, 1.82) is 5.41 Å². The van der Waals surface area contributed by atoms with Gasteiger partial charge in [-0.2, -0.15) is 5.10 Å². The Balaban J connectivity index is 1.28. The largest absolute Gasteiger partial charge is 0.490 e. The van der Waals surface area contributed by atoms with Crippen LogP contribution in [0.2, 0.25) is 5.02 Å². The molecular formula is C33H34ClFN6O3. The minimum Gasteiger partial charge on any atom is -0.490 e. The van der Waals surface area contributed by atoms with Gasteiger partial charge in [0.25, 0.3) is 11.8 Å². The Bertz CT molecular complexity index is 1690. The van der Waals surface area contributed by atoms with Crippen molar-refractivity contribution in [3.05, 3.63) is 100 Å². The fourth-order valence-electron chi connectivity index (χ4n) is 5.13. The number of likely N-dealkylation sites (tertiary alicyclic amines) is 1. The number of nitrogens with two attached hydrogens (primary N) is 1. The van der Waals surface area contributed by atoms with E-state index >= 15 is 0 Å². The van der Waals surface area contributed by atoms with Gasteiger partial charge < -0.3 is 20.7 Å². The van der Waals surface area contributed by atoms with E-state index in [4.69, 9.17) is 27.5 Å². The summed E-state index contributed by atoms with van der Waals surface area (Å²) in [6, 6.07) is 17.8. The van der Waals surface area contributed by atoms with Crippen molar-refractivity contribution in [1.82, 2.24) is 14.7 Å². The quantitative estimate of drug-likeness (QED) is 0.165. The van der Waals surface area contributed by atoms with E-state index in [1.54, 1.807) is 64.2 Å². The Morgan fingerprint density at radius 1 is 1.02 bits per heavy atom. The predicted molar refractivity (Wildman–Crippen MR) is 169 cm³/mol. The molecule has 1 fully saturated rings. The minimum absolute atomic E-state index is 0.00272. The van der Waals surface area contributed by atoms with Gasteiger partial charge in [0.1, 0.15) is 23.5 Å². The number of hydrogen-bond donors (Lipinski definition) is 3. The Morgan fingerprint density at radius 3 is 2.30 bits per heavy atom. The molecule has 4 aromatic rings. The lowest BCUT2D eigenvalue weighted by Gasteiger charge is -2.32. The average Bonchev–Trinajstić information content (AvgIpc) is 3.45. The van der Waals surface area contributed by atoms with E-state index in [1.165, 1.54) is 18.3 Å². The Morgan fingerprint density at radius 2 is 1.68 bits per heavy atom. The molecule has 1 aromatic heterocycles. The molecule has 0 spiro atoms. The maximum Gasteiger partial charge on any atom is 0.259 e. The zero-order valence-electron chi connectivity index (χ0n) is 24.7. The van der Waals surface area contributed by atoms with E-state index in [2.05, 4.69) is 10.4 Å². The molecule has 3 aromatic carbocycles. The molecule has 1 aliphatic rings. The number of anilines is 1. The van der Waals surface area contributed by atoms with E-state index in [0.29, 0.717) is 59.8 Å². The number of nitrogens with one attached hydrogen (secondary N) is 2. The first-order valence-corrected chi connectivity index (χ1v) is 14.6. The van der Waals surface area contributed by atoms with E-state index in [1.807, 2.05) is 20.8 Å². The Labute approximate surface area is 260 Å². The maximum absolute atomic E-state index is 13.7. The fraction of sp³-hybridized carbons (Fsp3) is 0.273. The first kappa shape index (κ1) is 30.7. The molecule has 0 atom stereocenters. The first-order valence-electron chi connectivity index (χ1n) is 14.3. The van der Waals surface area contributed by atoms with Crippen LogP contribution in [0.15, 0.2) is 72.9 Å². The molecule has 2 amide bonds. The van der Waals surface area contributed by atoms with Crippen LogP contribution < -0.4 is 15.8 Å². The van der Waals surface area contributed by atoms with Crippen molar-refractivity contribution in [2.75, 3.05) is 18.4 Å². The summed E-state index contributed by atoms with van der Waals surface area (Å²) < 4.78 is 21.5. The lowest BCUT2D eigenvalue weighted by molar-refractivity contribution is 0.0595. The monoisotopic (exact) mass is 616 g/mol. The van der Waals surface area contributed by atoms with Crippen LogP contribution in [-0.2, 0) is 5.54 Å². The second-order valence-corrected chi connectivity index (χ2v) is 12.1. The molecule has 0 unspecified atom stereocenters. The molecule has 2 heterocycles. The number of ether oxygens (including phenoxy) is 1. The molecular weight excluding hydrogens is 583 g/mol. The standard InChI is InChI=1S/C33H34ClFN6O3/c1-33(2,3)41-29(20-4-8-22(35)9-5-20)27(19-38-41)31(42)39-23-10-13-28(34)26(18-23)32(43)40-16-14-25(15-17-40)44-24-11-6-21(7-12-24)30(36)37/h4-13,18-19,25H,14-17H2,1-3H3,(H3,36,37)(H,39,42). The number of carbonyl (C=O) groups excluding carboxylic acids is 2. The summed E-state index contributed by atoms with van der Waals surface area (Å²) in [5.74, 6) is -0.353. The highest BCUT2D eigenvalue weighted by Gasteiger charge is 2.28. The van der Waals surface area contributed by atoms with Crippen LogP contribution in [-0.4, -0.2) is 51.5 Å². The molecule has 0 aliphatic carbocycles. The second kappa shape index (κ2) is 12.5. The van der Waals surface area contributed by atoms with Gasteiger partial charge in [-0.15, -0.1) is 0 Å². The maximum atomic E-state index is 13.7. The highest BCUT2D eigenvalue weighted by molar-refractivity contribution is 6.34. The average molecular weight is 617 g/mol. The number of aromatic nitrogens is 2. The van der Waals surface area contributed by atoms with E-state index < -0.39 is 11.4 Å². The van der Waals surface area contributed by atoms with Gasteiger partial charge in [0.2, 0.25) is 0 Å². The lowest BCUT2D eigenvalue weighted by Crippen LogP contribution is -2.41. The summed E-state index contributed by atoms with van der Waals surface area (Å²) in [7, 11) is 0. The van der Waals surface area contributed by atoms with Crippen LogP contribution in [0.3, 0.4) is 0 Å². The molecule has 228 valence electrons. The van der Waals surface area contributed by atoms with Gasteiger partial charge in [0.15, 0.2) is 0 Å². The zero-order valence-corrected chi connectivity index (χ0v) is 25.5. The van der Waals surface area contributed by atoms with Crippen LogP contribution >= 0.6 is 11.6 Å². The van der Waals surface area contributed by atoms with Gasteiger partial charge in [-0.3, -0.25) is 19.7 Å². The molecule has 11 heteroatoms. The normalized spacial score (nSPS) is 13.9. The van der Waals surface area contributed by atoms with Gasteiger partial charge >= 0.3 is 0 Å². The van der Waals surface area contributed by atoms with Crippen LogP contribution in [0.4, 0.5) is 10.1 Å². The molecule has 1 aliphatic heterocycles.